The topological polar surface area (TPSA) is 50.2 Å². The zero-order valence-electron chi connectivity index (χ0n) is 8.69. The molecule has 0 aromatic carbocycles. The van der Waals surface area contributed by atoms with E-state index in [0.717, 1.165) is 16.6 Å². The van der Waals surface area contributed by atoms with Crippen LogP contribution in [0.25, 0.3) is 16.6 Å². The van der Waals surface area contributed by atoms with E-state index in [-0.39, 0.29) is 5.69 Å². The average molecular weight is 318 g/mol. The van der Waals surface area contributed by atoms with Crippen molar-refractivity contribution in [1.82, 2.24) is 14.4 Å². The zero-order valence-corrected chi connectivity index (χ0v) is 11.5. The number of aromatic amines is 1. The maximum atomic E-state index is 11.8. The molecule has 0 bridgehead atoms. The van der Waals surface area contributed by atoms with Gasteiger partial charge in [0.15, 0.2) is 0 Å². The van der Waals surface area contributed by atoms with Gasteiger partial charge in [0.2, 0.25) is 0 Å². The van der Waals surface area contributed by atoms with Crippen LogP contribution in [-0.2, 0) is 0 Å². The molecule has 0 fully saturated rings. The van der Waals surface area contributed by atoms with Crippen molar-refractivity contribution in [2.75, 3.05) is 0 Å². The Morgan fingerprint density at radius 2 is 2.31 bits per heavy atom. The van der Waals surface area contributed by atoms with Crippen molar-refractivity contribution in [2.45, 2.75) is 4.94 Å². The van der Waals surface area contributed by atoms with E-state index in [1.54, 1.807) is 16.8 Å². The first-order valence-corrected chi connectivity index (χ1v) is 9.25. The molecule has 0 amide bonds. The van der Waals surface area contributed by atoms with Gasteiger partial charge >= 0.3 is 102 Å². The quantitative estimate of drug-likeness (QED) is 0.667. The van der Waals surface area contributed by atoms with Crippen LogP contribution in [0.2, 0.25) is 4.94 Å². The van der Waals surface area contributed by atoms with Crippen LogP contribution in [0.5, 0.6) is 0 Å². The van der Waals surface area contributed by atoms with E-state index in [1.807, 2.05) is 12.1 Å². The first-order chi connectivity index (χ1) is 7.83. The molecule has 5 heteroatoms. The molecule has 2 radical (unpaired) electrons. The van der Waals surface area contributed by atoms with Crippen LogP contribution in [0, 0.1) is 0 Å². The van der Waals surface area contributed by atoms with Crippen molar-refractivity contribution >= 4 is 41.3 Å². The fourth-order valence-corrected chi connectivity index (χ4v) is 4.63. The number of nitrogens with one attached hydrogen (secondary N) is 1. The van der Waals surface area contributed by atoms with Gasteiger partial charge in [-0.15, -0.1) is 0 Å². The van der Waals surface area contributed by atoms with Crippen LogP contribution in [0.1, 0.15) is 0 Å². The summed E-state index contributed by atoms with van der Waals surface area (Å²) in [5, 5.41) is 1.13. The molecular weight excluding hydrogens is 309 g/mol. The summed E-state index contributed by atoms with van der Waals surface area (Å²) in [4.78, 5) is 21.1. The fraction of sp³-hybridized carbons (Fsp3) is 0.0909. The van der Waals surface area contributed by atoms with Gasteiger partial charge in [-0.2, -0.15) is 0 Å². The van der Waals surface area contributed by atoms with Crippen LogP contribution < -0.4 is 9.27 Å². The molecule has 0 atom stereocenters. The van der Waals surface area contributed by atoms with E-state index >= 15 is 0 Å². The van der Waals surface area contributed by atoms with Gasteiger partial charge in [-0.3, -0.25) is 0 Å². The van der Waals surface area contributed by atoms with Gasteiger partial charge in [0.25, 0.3) is 0 Å². The molecule has 0 unspecified atom stereocenters. The predicted molar refractivity (Wildman–Crippen MR) is 64.6 cm³/mol. The van der Waals surface area contributed by atoms with Gasteiger partial charge in [-0.25, -0.2) is 0 Å². The summed E-state index contributed by atoms with van der Waals surface area (Å²) in [6, 6.07) is 5.94. The molecule has 0 saturated carbocycles. The molecule has 3 aromatic rings. The average Bonchev–Trinajstić information content (AvgIpc) is 2.64. The van der Waals surface area contributed by atoms with Crippen LogP contribution >= 0.6 is 0 Å². The number of fused-ring (bicyclic) bond motifs is 3. The Balaban J connectivity index is 2.70. The van der Waals surface area contributed by atoms with E-state index in [4.69, 9.17) is 0 Å². The number of hydrogen-bond donors (Lipinski definition) is 1. The number of rotatable bonds is 1. The summed E-state index contributed by atoms with van der Waals surface area (Å²) in [7, 11) is 0. The molecule has 4 nitrogen and oxygen atoms in total. The molecule has 0 spiro atoms. The Labute approximate surface area is 102 Å². The van der Waals surface area contributed by atoms with Crippen molar-refractivity contribution in [3.63, 3.8) is 0 Å². The summed E-state index contributed by atoms with van der Waals surface area (Å²) in [6.07, 6.45) is 3.43. The third-order valence-electron chi connectivity index (χ3n) is 2.67. The Kier molecular flexibility index (Phi) is 2.24. The van der Waals surface area contributed by atoms with Crippen LogP contribution in [0.15, 0.2) is 35.4 Å². The SMILES string of the molecule is [CH3][Sn][c]1c2cccnc2n2c(=O)[nH]ccc12. The second-order valence-electron chi connectivity index (χ2n) is 3.50. The number of nitrogens with zero attached hydrogens (tertiary/aromatic N) is 2. The first kappa shape index (κ1) is 9.89. The molecule has 0 saturated heterocycles. The van der Waals surface area contributed by atoms with Gasteiger partial charge in [-0.05, 0) is 0 Å². The number of H-pyrrole nitrogens is 1. The number of hydrogen-bond acceptors (Lipinski definition) is 2. The second kappa shape index (κ2) is 3.62. The maximum absolute atomic E-state index is 11.8. The summed E-state index contributed by atoms with van der Waals surface area (Å²) in [6.45, 7) is 0. The molecule has 0 aliphatic heterocycles. The van der Waals surface area contributed by atoms with Crippen LogP contribution in [-0.4, -0.2) is 35.5 Å². The van der Waals surface area contributed by atoms with E-state index in [0.29, 0.717) is 0 Å². The molecule has 16 heavy (non-hydrogen) atoms. The summed E-state index contributed by atoms with van der Waals surface area (Å²) in [5.41, 5.74) is 1.68. The van der Waals surface area contributed by atoms with Gasteiger partial charge in [0, 0.05) is 0 Å². The normalized spacial score (nSPS) is 11.3. The van der Waals surface area contributed by atoms with E-state index in [9.17, 15) is 4.79 Å². The summed E-state index contributed by atoms with van der Waals surface area (Å²) >= 11 is -0.616. The number of pyridine rings is 1. The van der Waals surface area contributed by atoms with Gasteiger partial charge < -0.3 is 0 Å². The van der Waals surface area contributed by atoms with Crippen LogP contribution in [0.3, 0.4) is 0 Å². The fourth-order valence-electron chi connectivity index (χ4n) is 2.02. The van der Waals surface area contributed by atoms with E-state index in [2.05, 4.69) is 21.0 Å². The van der Waals surface area contributed by atoms with Crippen molar-refractivity contribution in [2.24, 2.45) is 0 Å². The van der Waals surface area contributed by atoms with Crippen LogP contribution in [0.4, 0.5) is 0 Å². The predicted octanol–water partition coefficient (Wildman–Crippen LogP) is 0.553. The monoisotopic (exact) mass is 319 g/mol. The minimum absolute atomic E-state index is 0.111. The van der Waals surface area contributed by atoms with Crippen molar-refractivity contribution < 1.29 is 0 Å². The van der Waals surface area contributed by atoms with E-state index < -0.39 is 21.1 Å². The molecule has 78 valence electrons. The third kappa shape index (κ3) is 1.22. The Morgan fingerprint density at radius 3 is 3.12 bits per heavy atom. The van der Waals surface area contributed by atoms with E-state index in [1.165, 1.54) is 3.58 Å². The molecule has 3 aromatic heterocycles. The van der Waals surface area contributed by atoms with Crippen molar-refractivity contribution in [1.29, 1.82) is 0 Å². The molecule has 0 aliphatic carbocycles. The molecule has 3 heterocycles. The number of aromatic nitrogens is 3. The molecule has 1 N–H and O–H groups in total. The molecule has 3 rings (SSSR count). The Hall–Kier alpha value is -1.30. The summed E-state index contributed by atoms with van der Waals surface area (Å²) in [5.74, 6) is 0. The Morgan fingerprint density at radius 1 is 1.44 bits per heavy atom. The van der Waals surface area contributed by atoms with Gasteiger partial charge in [0.1, 0.15) is 0 Å². The molecule has 0 aliphatic rings. The van der Waals surface area contributed by atoms with Crippen molar-refractivity contribution in [3.8, 4) is 0 Å². The first-order valence-electron chi connectivity index (χ1n) is 4.97. The molecular formula is C11H9N3OSn. The third-order valence-corrected chi connectivity index (χ3v) is 5.59. The summed E-state index contributed by atoms with van der Waals surface area (Å²) < 4.78 is 3.02. The second-order valence-corrected chi connectivity index (χ2v) is 6.36. The Bertz CT molecular complexity index is 729. The standard InChI is InChI=1S/C10H6N3O.CH3.Sn/c14-10-12-5-3-8-6-7-2-1-4-11-9(7)13(8)10;;/h1-5H,(H,12,14);1H3;. The van der Waals surface area contributed by atoms with Gasteiger partial charge in [-0.1, -0.05) is 0 Å². The minimum atomic E-state index is -0.616. The van der Waals surface area contributed by atoms with Gasteiger partial charge in [0.05, 0.1) is 0 Å². The zero-order chi connectivity index (χ0) is 11.1. The van der Waals surface area contributed by atoms with Crippen molar-refractivity contribution in [3.05, 3.63) is 41.1 Å².